The van der Waals surface area contributed by atoms with Crippen LogP contribution in [0.2, 0.25) is 5.02 Å². The predicted molar refractivity (Wildman–Crippen MR) is 80.8 cm³/mol. The number of β-lactam (4-membered cyclic amide) rings is 1. The maximum Gasteiger partial charge on any atom is 0.247 e. The van der Waals surface area contributed by atoms with Gasteiger partial charge in [0.15, 0.2) is 0 Å². The summed E-state index contributed by atoms with van der Waals surface area (Å²) in [6, 6.07) is 14.7. The number of anilines is 1. The minimum Gasteiger partial charge on any atom is -0.318 e. The van der Waals surface area contributed by atoms with Crippen molar-refractivity contribution >= 4 is 23.2 Å². The molecule has 2 unspecified atom stereocenters. The topological polar surface area (TPSA) is 46.3 Å². The van der Waals surface area contributed by atoms with Gasteiger partial charge in [-0.3, -0.25) is 4.79 Å². The maximum atomic E-state index is 12.1. The first kappa shape index (κ1) is 13.2. The third-order valence-corrected chi connectivity index (χ3v) is 3.92. The average Bonchev–Trinajstić information content (AvgIpc) is 2.46. The first-order valence-electron chi connectivity index (χ1n) is 6.49. The third kappa shape index (κ3) is 2.09. The highest BCUT2D eigenvalue weighted by Crippen LogP contribution is 2.38. The van der Waals surface area contributed by atoms with E-state index in [-0.39, 0.29) is 11.9 Å². The van der Waals surface area contributed by atoms with Gasteiger partial charge in [0, 0.05) is 10.7 Å². The van der Waals surface area contributed by atoms with Crippen LogP contribution >= 0.6 is 11.6 Å². The van der Waals surface area contributed by atoms with Gasteiger partial charge < -0.3 is 10.6 Å². The van der Waals surface area contributed by atoms with E-state index in [4.69, 9.17) is 17.3 Å². The van der Waals surface area contributed by atoms with E-state index in [0.29, 0.717) is 5.02 Å². The molecule has 2 atom stereocenters. The molecule has 2 N–H and O–H groups in total. The van der Waals surface area contributed by atoms with Crippen LogP contribution in [-0.2, 0) is 4.79 Å². The number of halogens is 1. The molecule has 1 fully saturated rings. The second kappa shape index (κ2) is 4.93. The molecule has 102 valence electrons. The number of hydrogen-bond acceptors (Lipinski definition) is 2. The minimum atomic E-state index is -0.488. The molecule has 0 aliphatic carbocycles. The zero-order valence-corrected chi connectivity index (χ0v) is 11.8. The molecule has 1 saturated heterocycles. The van der Waals surface area contributed by atoms with Crippen molar-refractivity contribution in [3.63, 3.8) is 0 Å². The predicted octanol–water partition coefficient (Wildman–Crippen LogP) is 3.06. The molecule has 0 radical (unpaired) electrons. The monoisotopic (exact) mass is 286 g/mol. The molecule has 1 aliphatic heterocycles. The SMILES string of the molecule is Cc1ccc(N2C(=O)C(N)C2c2ccc(Cl)cc2)cc1. The maximum absolute atomic E-state index is 12.1. The lowest BCUT2D eigenvalue weighted by atomic mass is 9.88. The van der Waals surface area contributed by atoms with Gasteiger partial charge in [0.2, 0.25) is 5.91 Å². The van der Waals surface area contributed by atoms with Crippen LogP contribution in [0, 0.1) is 6.92 Å². The van der Waals surface area contributed by atoms with Gasteiger partial charge in [-0.1, -0.05) is 41.4 Å². The lowest BCUT2D eigenvalue weighted by Crippen LogP contribution is -2.63. The van der Waals surface area contributed by atoms with Crippen molar-refractivity contribution in [3.05, 3.63) is 64.7 Å². The van der Waals surface area contributed by atoms with Gasteiger partial charge in [0.1, 0.15) is 6.04 Å². The van der Waals surface area contributed by atoms with E-state index in [1.807, 2.05) is 55.5 Å². The largest absolute Gasteiger partial charge is 0.318 e. The average molecular weight is 287 g/mol. The number of amides is 1. The second-order valence-corrected chi connectivity index (χ2v) is 5.50. The van der Waals surface area contributed by atoms with Crippen molar-refractivity contribution in [3.8, 4) is 0 Å². The fourth-order valence-corrected chi connectivity index (χ4v) is 2.65. The number of carbonyl (C=O) groups is 1. The van der Waals surface area contributed by atoms with Gasteiger partial charge in [-0.2, -0.15) is 0 Å². The van der Waals surface area contributed by atoms with Crippen LogP contribution in [0.3, 0.4) is 0 Å². The Bertz CT molecular complexity index is 637. The first-order chi connectivity index (χ1) is 9.58. The molecule has 1 amide bonds. The normalized spacial score (nSPS) is 21.8. The Hall–Kier alpha value is -1.84. The van der Waals surface area contributed by atoms with Crippen molar-refractivity contribution in [1.29, 1.82) is 0 Å². The van der Waals surface area contributed by atoms with E-state index in [0.717, 1.165) is 16.8 Å². The number of nitrogens with two attached hydrogens (primary N) is 1. The quantitative estimate of drug-likeness (QED) is 0.863. The van der Waals surface area contributed by atoms with Gasteiger partial charge in [-0.15, -0.1) is 0 Å². The van der Waals surface area contributed by atoms with Gasteiger partial charge in [-0.05, 0) is 36.8 Å². The van der Waals surface area contributed by atoms with Crippen LogP contribution in [0.1, 0.15) is 17.2 Å². The number of carbonyl (C=O) groups excluding carboxylic acids is 1. The van der Waals surface area contributed by atoms with Gasteiger partial charge >= 0.3 is 0 Å². The highest BCUT2D eigenvalue weighted by molar-refractivity contribution is 6.30. The van der Waals surface area contributed by atoms with E-state index in [9.17, 15) is 4.79 Å². The van der Waals surface area contributed by atoms with Crippen LogP contribution < -0.4 is 10.6 Å². The van der Waals surface area contributed by atoms with E-state index < -0.39 is 6.04 Å². The molecule has 20 heavy (non-hydrogen) atoms. The summed E-state index contributed by atoms with van der Waals surface area (Å²) < 4.78 is 0. The molecule has 2 aromatic rings. The molecule has 1 heterocycles. The minimum absolute atomic E-state index is 0.0474. The Labute approximate surface area is 123 Å². The van der Waals surface area contributed by atoms with Crippen LogP contribution in [-0.4, -0.2) is 11.9 Å². The van der Waals surface area contributed by atoms with Gasteiger partial charge in [0.05, 0.1) is 6.04 Å². The summed E-state index contributed by atoms with van der Waals surface area (Å²) in [5.74, 6) is -0.0474. The summed E-state index contributed by atoms with van der Waals surface area (Å²) in [5.41, 5.74) is 9.01. The molecular weight excluding hydrogens is 272 g/mol. The van der Waals surface area contributed by atoms with Crippen LogP contribution in [0.25, 0.3) is 0 Å². The van der Waals surface area contributed by atoms with Crippen LogP contribution in [0.4, 0.5) is 5.69 Å². The number of nitrogens with zero attached hydrogens (tertiary/aromatic N) is 1. The Morgan fingerprint density at radius 2 is 1.65 bits per heavy atom. The molecule has 2 aromatic carbocycles. The molecule has 1 aliphatic rings. The molecule has 0 saturated carbocycles. The molecule has 0 bridgehead atoms. The summed E-state index contributed by atoms with van der Waals surface area (Å²) in [5, 5.41) is 0.676. The third-order valence-electron chi connectivity index (χ3n) is 3.66. The van der Waals surface area contributed by atoms with Crippen LogP contribution in [0.5, 0.6) is 0 Å². The smallest absolute Gasteiger partial charge is 0.247 e. The van der Waals surface area contributed by atoms with Crippen molar-refractivity contribution in [1.82, 2.24) is 0 Å². The van der Waals surface area contributed by atoms with Gasteiger partial charge in [-0.25, -0.2) is 0 Å². The molecule has 3 nitrogen and oxygen atoms in total. The lowest BCUT2D eigenvalue weighted by Gasteiger charge is -2.45. The van der Waals surface area contributed by atoms with Crippen molar-refractivity contribution in [2.45, 2.75) is 19.0 Å². The van der Waals surface area contributed by atoms with E-state index in [2.05, 4.69) is 0 Å². The molecule has 0 aromatic heterocycles. The standard InChI is InChI=1S/C16H15ClN2O/c1-10-2-8-13(9-3-10)19-15(14(18)16(19)20)11-4-6-12(17)7-5-11/h2-9,14-15H,18H2,1H3. The Morgan fingerprint density at radius 1 is 1.05 bits per heavy atom. The van der Waals surface area contributed by atoms with Crippen molar-refractivity contribution in [2.75, 3.05) is 4.90 Å². The highest BCUT2D eigenvalue weighted by Gasteiger charge is 2.46. The Morgan fingerprint density at radius 3 is 2.25 bits per heavy atom. The van der Waals surface area contributed by atoms with Crippen molar-refractivity contribution < 1.29 is 4.79 Å². The zero-order chi connectivity index (χ0) is 14.3. The summed E-state index contributed by atoms with van der Waals surface area (Å²) in [4.78, 5) is 13.8. The van der Waals surface area contributed by atoms with E-state index in [1.54, 1.807) is 4.90 Å². The van der Waals surface area contributed by atoms with Crippen molar-refractivity contribution in [2.24, 2.45) is 5.73 Å². The highest BCUT2D eigenvalue weighted by atomic mass is 35.5. The summed E-state index contributed by atoms with van der Waals surface area (Å²) in [7, 11) is 0. The van der Waals surface area contributed by atoms with Crippen LogP contribution in [0.15, 0.2) is 48.5 Å². The summed E-state index contributed by atoms with van der Waals surface area (Å²) in [6.07, 6.45) is 0. The lowest BCUT2D eigenvalue weighted by molar-refractivity contribution is -0.126. The summed E-state index contributed by atoms with van der Waals surface area (Å²) >= 11 is 5.90. The zero-order valence-electron chi connectivity index (χ0n) is 11.1. The Kier molecular flexibility index (Phi) is 3.24. The fraction of sp³-hybridized carbons (Fsp3) is 0.188. The Balaban J connectivity index is 1.95. The molecular formula is C16H15ClN2O. The fourth-order valence-electron chi connectivity index (χ4n) is 2.52. The number of rotatable bonds is 2. The first-order valence-corrected chi connectivity index (χ1v) is 6.86. The number of aryl methyl sites for hydroxylation is 1. The molecule has 0 spiro atoms. The molecule has 3 rings (SSSR count). The van der Waals surface area contributed by atoms with E-state index >= 15 is 0 Å². The number of benzene rings is 2. The second-order valence-electron chi connectivity index (χ2n) is 5.07. The summed E-state index contributed by atoms with van der Waals surface area (Å²) in [6.45, 7) is 2.02. The van der Waals surface area contributed by atoms with Gasteiger partial charge in [0.25, 0.3) is 0 Å². The molecule has 4 heteroatoms. The van der Waals surface area contributed by atoms with E-state index in [1.165, 1.54) is 0 Å². The number of hydrogen-bond donors (Lipinski definition) is 1.